The number of aryl methyl sites for hydroxylation is 1. The highest BCUT2D eigenvalue weighted by molar-refractivity contribution is 7.17. The zero-order chi connectivity index (χ0) is 15.4. The van der Waals surface area contributed by atoms with Gasteiger partial charge < -0.3 is 14.8 Å². The highest BCUT2D eigenvalue weighted by Gasteiger charge is 2.14. The quantitative estimate of drug-likeness (QED) is 0.859. The van der Waals surface area contributed by atoms with Crippen molar-refractivity contribution in [1.29, 1.82) is 0 Å². The van der Waals surface area contributed by atoms with Crippen LogP contribution in [0.15, 0.2) is 28.7 Å². The Labute approximate surface area is 126 Å². The van der Waals surface area contributed by atoms with E-state index < -0.39 is 5.97 Å². The van der Waals surface area contributed by atoms with Crippen molar-refractivity contribution in [3.05, 3.63) is 34.9 Å². The van der Waals surface area contributed by atoms with Crippen molar-refractivity contribution < 1.29 is 19.1 Å². The van der Waals surface area contributed by atoms with Crippen LogP contribution in [-0.2, 0) is 4.79 Å². The highest BCUT2D eigenvalue weighted by atomic mass is 32.1. The number of nitrogens with one attached hydrogen (secondary N) is 1. The van der Waals surface area contributed by atoms with Gasteiger partial charge in [-0.3, -0.25) is 9.59 Å². The van der Waals surface area contributed by atoms with Crippen LogP contribution in [0.25, 0.3) is 10.6 Å². The molecule has 0 aliphatic rings. The second-order valence-corrected chi connectivity index (χ2v) is 6.07. The molecule has 0 bridgehead atoms. The average Bonchev–Trinajstić information content (AvgIpc) is 3.03. The predicted octanol–water partition coefficient (Wildman–Crippen LogP) is 3.16. The lowest BCUT2D eigenvalue weighted by Gasteiger charge is -2.09. The van der Waals surface area contributed by atoms with Crippen molar-refractivity contribution in [3.63, 3.8) is 0 Å². The summed E-state index contributed by atoms with van der Waals surface area (Å²) in [4.78, 5) is 24.1. The van der Waals surface area contributed by atoms with Gasteiger partial charge in [0, 0.05) is 13.0 Å². The summed E-state index contributed by atoms with van der Waals surface area (Å²) in [6.45, 7) is 4.01. The van der Waals surface area contributed by atoms with Crippen LogP contribution in [0.2, 0.25) is 0 Å². The number of carboxylic acid groups (broad SMARTS) is 1. The Morgan fingerprint density at radius 2 is 2.10 bits per heavy atom. The minimum absolute atomic E-state index is 0.0433. The summed E-state index contributed by atoms with van der Waals surface area (Å²) in [5.41, 5.74) is 0. The lowest BCUT2D eigenvalue weighted by molar-refractivity contribution is -0.137. The third kappa shape index (κ3) is 4.19. The fourth-order valence-electron chi connectivity index (χ4n) is 1.88. The standard InChI is InChI=1S/C15H17NO4S/c1-9(7-14(17)18)8-16-15(19)13-6-5-12(21-13)11-4-3-10(2)20-11/h3-6,9H,7-8H2,1-2H3,(H,16,19)(H,17,18). The van der Waals surface area contributed by atoms with Gasteiger partial charge in [0.2, 0.25) is 0 Å². The monoisotopic (exact) mass is 307 g/mol. The summed E-state index contributed by atoms with van der Waals surface area (Å²) in [5.74, 6) is 0.427. The Kier molecular flexibility index (Phi) is 4.80. The molecule has 0 saturated heterocycles. The molecule has 1 atom stereocenters. The average molecular weight is 307 g/mol. The Morgan fingerprint density at radius 3 is 2.71 bits per heavy atom. The van der Waals surface area contributed by atoms with E-state index in [1.807, 2.05) is 25.1 Å². The Hall–Kier alpha value is -2.08. The number of hydrogen-bond donors (Lipinski definition) is 2. The van der Waals surface area contributed by atoms with Crippen molar-refractivity contribution in [3.8, 4) is 10.6 Å². The van der Waals surface area contributed by atoms with Crippen LogP contribution in [0.5, 0.6) is 0 Å². The number of carbonyl (C=O) groups excluding carboxylic acids is 1. The first-order chi connectivity index (χ1) is 9.95. The molecule has 6 heteroatoms. The molecule has 0 aliphatic heterocycles. The normalized spacial score (nSPS) is 12.1. The largest absolute Gasteiger partial charge is 0.481 e. The molecule has 2 heterocycles. The van der Waals surface area contributed by atoms with Crippen LogP contribution in [0, 0.1) is 12.8 Å². The Balaban J connectivity index is 1.94. The molecule has 0 aliphatic carbocycles. The lowest BCUT2D eigenvalue weighted by atomic mass is 10.1. The van der Waals surface area contributed by atoms with Crippen LogP contribution >= 0.6 is 11.3 Å². The van der Waals surface area contributed by atoms with Crippen LogP contribution < -0.4 is 5.32 Å². The third-order valence-electron chi connectivity index (χ3n) is 2.95. The number of carbonyl (C=O) groups is 2. The molecule has 112 valence electrons. The van der Waals surface area contributed by atoms with Gasteiger partial charge in [0.15, 0.2) is 0 Å². The molecule has 0 radical (unpaired) electrons. The summed E-state index contributed by atoms with van der Waals surface area (Å²) in [6, 6.07) is 7.34. The summed E-state index contributed by atoms with van der Waals surface area (Å²) >= 11 is 1.35. The van der Waals surface area contributed by atoms with Gasteiger partial charge in [-0.1, -0.05) is 6.92 Å². The second-order valence-electron chi connectivity index (χ2n) is 4.99. The molecule has 2 rings (SSSR count). The van der Waals surface area contributed by atoms with Gasteiger partial charge in [-0.05, 0) is 37.1 Å². The van der Waals surface area contributed by atoms with E-state index in [4.69, 9.17) is 9.52 Å². The maximum atomic E-state index is 12.0. The van der Waals surface area contributed by atoms with E-state index in [2.05, 4.69) is 5.32 Å². The van der Waals surface area contributed by atoms with E-state index >= 15 is 0 Å². The first-order valence-corrected chi connectivity index (χ1v) is 7.44. The molecular formula is C15H17NO4S. The Bertz CT molecular complexity index is 644. The minimum Gasteiger partial charge on any atom is -0.481 e. The van der Waals surface area contributed by atoms with Gasteiger partial charge in [-0.25, -0.2) is 0 Å². The second kappa shape index (κ2) is 6.58. The third-order valence-corrected chi connectivity index (χ3v) is 4.05. The number of carboxylic acids is 1. The van der Waals surface area contributed by atoms with E-state index in [-0.39, 0.29) is 18.2 Å². The minimum atomic E-state index is -0.858. The summed E-state index contributed by atoms with van der Waals surface area (Å²) in [7, 11) is 0. The maximum Gasteiger partial charge on any atom is 0.303 e. The summed E-state index contributed by atoms with van der Waals surface area (Å²) in [5, 5.41) is 11.4. The highest BCUT2D eigenvalue weighted by Crippen LogP contribution is 2.29. The molecule has 1 amide bonds. The number of hydrogen-bond acceptors (Lipinski definition) is 4. The molecule has 2 N–H and O–H groups in total. The first kappa shape index (κ1) is 15.3. The fraction of sp³-hybridized carbons (Fsp3) is 0.333. The molecule has 2 aromatic rings. The van der Waals surface area contributed by atoms with Gasteiger partial charge in [-0.2, -0.15) is 0 Å². The predicted molar refractivity (Wildman–Crippen MR) is 80.5 cm³/mol. The molecule has 5 nitrogen and oxygen atoms in total. The number of amides is 1. The lowest BCUT2D eigenvalue weighted by Crippen LogP contribution is -2.28. The molecule has 0 saturated carbocycles. The van der Waals surface area contributed by atoms with Crippen LogP contribution in [0.1, 0.15) is 28.8 Å². The van der Waals surface area contributed by atoms with E-state index in [0.29, 0.717) is 11.4 Å². The molecule has 0 spiro atoms. The fourth-order valence-corrected chi connectivity index (χ4v) is 2.77. The molecule has 0 aromatic carbocycles. The first-order valence-electron chi connectivity index (χ1n) is 6.62. The van der Waals surface area contributed by atoms with Crippen molar-refractivity contribution >= 4 is 23.2 Å². The van der Waals surface area contributed by atoms with Crippen molar-refractivity contribution in [2.24, 2.45) is 5.92 Å². The molecule has 21 heavy (non-hydrogen) atoms. The van der Waals surface area contributed by atoms with Crippen molar-refractivity contribution in [2.75, 3.05) is 6.54 Å². The number of furan rings is 1. The van der Waals surface area contributed by atoms with E-state index in [1.54, 1.807) is 13.0 Å². The zero-order valence-corrected chi connectivity index (χ0v) is 12.7. The number of rotatable bonds is 6. The molecule has 2 aromatic heterocycles. The van der Waals surface area contributed by atoms with E-state index in [1.165, 1.54) is 11.3 Å². The Morgan fingerprint density at radius 1 is 1.33 bits per heavy atom. The SMILES string of the molecule is Cc1ccc(-c2ccc(C(=O)NCC(C)CC(=O)O)s2)o1. The molecular weight excluding hydrogens is 290 g/mol. The van der Waals surface area contributed by atoms with Crippen molar-refractivity contribution in [2.45, 2.75) is 20.3 Å². The van der Waals surface area contributed by atoms with E-state index in [0.717, 1.165) is 16.4 Å². The van der Waals surface area contributed by atoms with Gasteiger partial charge in [0.05, 0.1) is 9.75 Å². The van der Waals surface area contributed by atoms with E-state index in [9.17, 15) is 9.59 Å². The molecule has 0 fully saturated rings. The van der Waals surface area contributed by atoms with Gasteiger partial charge >= 0.3 is 5.97 Å². The topological polar surface area (TPSA) is 79.5 Å². The van der Waals surface area contributed by atoms with Crippen LogP contribution in [0.4, 0.5) is 0 Å². The smallest absolute Gasteiger partial charge is 0.303 e. The maximum absolute atomic E-state index is 12.0. The summed E-state index contributed by atoms with van der Waals surface area (Å²) in [6.07, 6.45) is 0.0433. The number of thiophene rings is 1. The number of aliphatic carboxylic acids is 1. The van der Waals surface area contributed by atoms with Gasteiger partial charge in [-0.15, -0.1) is 11.3 Å². The van der Waals surface area contributed by atoms with Crippen LogP contribution in [0.3, 0.4) is 0 Å². The van der Waals surface area contributed by atoms with Gasteiger partial charge in [0.25, 0.3) is 5.91 Å². The molecule has 1 unspecified atom stereocenters. The van der Waals surface area contributed by atoms with Crippen LogP contribution in [-0.4, -0.2) is 23.5 Å². The van der Waals surface area contributed by atoms with Gasteiger partial charge in [0.1, 0.15) is 11.5 Å². The zero-order valence-electron chi connectivity index (χ0n) is 11.9. The summed E-state index contributed by atoms with van der Waals surface area (Å²) < 4.78 is 5.52. The van der Waals surface area contributed by atoms with Crippen molar-refractivity contribution in [1.82, 2.24) is 5.32 Å².